The number of ether oxygens (including phenoxy) is 1. The fraction of sp³-hybridized carbons (Fsp3) is 0.250. The van der Waals surface area contributed by atoms with Crippen LogP contribution in [0.15, 0.2) is 89.3 Å². The van der Waals surface area contributed by atoms with Gasteiger partial charge in [-0.1, -0.05) is 54.1 Å². The molecule has 1 unspecified atom stereocenters. The molecule has 1 saturated carbocycles. The van der Waals surface area contributed by atoms with E-state index in [1.165, 1.54) is 5.56 Å². The van der Waals surface area contributed by atoms with Gasteiger partial charge in [0.25, 0.3) is 5.91 Å². The molecule has 4 aromatic rings. The van der Waals surface area contributed by atoms with Crippen LogP contribution >= 0.6 is 0 Å². The Labute approximate surface area is 222 Å². The Balaban J connectivity index is 1.18. The second kappa shape index (κ2) is 10.2. The summed E-state index contributed by atoms with van der Waals surface area (Å²) in [5.74, 6) is 1.60. The number of nitrogens with one attached hydrogen (secondary N) is 1. The third kappa shape index (κ3) is 5.07. The first-order valence-corrected chi connectivity index (χ1v) is 13.1. The molecule has 0 saturated heterocycles. The molecule has 1 aliphatic carbocycles. The zero-order valence-electron chi connectivity index (χ0n) is 21.4. The molecule has 0 radical (unpaired) electrons. The molecular weight excluding hydrogens is 476 g/mol. The van der Waals surface area contributed by atoms with Gasteiger partial charge in [0, 0.05) is 18.2 Å². The van der Waals surface area contributed by atoms with E-state index >= 15 is 0 Å². The van der Waals surface area contributed by atoms with Gasteiger partial charge in [-0.25, -0.2) is 0 Å². The highest BCUT2D eigenvalue weighted by Crippen LogP contribution is 2.41. The van der Waals surface area contributed by atoms with Crippen molar-refractivity contribution < 1.29 is 18.7 Å². The van der Waals surface area contributed by atoms with E-state index in [9.17, 15) is 9.59 Å². The lowest BCUT2D eigenvalue weighted by molar-refractivity contribution is -0.134. The Kier molecular flexibility index (Phi) is 6.46. The summed E-state index contributed by atoms with van der Waals surface area (Å²) in [5.41, 5.74) is 5.28. The van der Waals surface area contributed by atoms with Gasteiger partial charge in [0.1, 0.15) is 18.1 Å². The minimum atomic E-state index is -0.306. The molecule has 1 aliphatic heterocycles. The monoisotopic (exact) mass is 506 g/mol. The zero-order chi connectivity index (χ0) is 26.1. The molecule has 0 spiro atoms. The number of carbonyl (C=O) groups is 2. The van der Waals surface area contributed by atoms with Crippen LogP contribution in [0.3, 0.4) is 0 Å². The Morgan fingerprint density at radius 1 is 0.974 bits per heavy atom. The zero-order valence-corrected chi connectivity index (χ0v) is 21.4. The highest BCUT2D eigenvalue weighted by atomic mass is 16.5. The molecule has 192 valence electrons. The Bertz CT molecular complexity index is 1450. The van der Waals surface area contributed by atoms with Gasteiger partial charge in [0.2, 0.25) is 5.91 Å². The lowest BCUT2D eigenvalue weighted by Crippen LogP contribution is -2.41. The summed E-state index contributed by atoms with van der Waals surface area (Å²) in [4.78, 5) is 27.8. The minimum absolute atomic E-state index is 0.128. The molecule has 6 nitrogen and oxygen atoms in total. The van der Waals surface area contributed by atoms with Crippen LogP contribution in [0, 0.1) is 12.8 Å². The maximum absolute atomic E-state index is 13.2. The van der Waals surface area contributed by atoms with Gasteiger partial charge in [-0.3, -0.25) is 9.59 Å². The van der Waals surface area contributed by atoms with Crippen molar-refractivity contribution >= 4 is 17.5 Å². The smallest absolute Gasteiger partial charge is 0.291 e. The van der Waals surface area contributed by atoms with Crippen LogP contribution < -0.4 is 10.1 Å². The van der Waals surface area contributed by atoms with Crippen molar-refractivity contribution in [2.24, 2.45) is 5.92 Å². The predicted octanol–water partition coefficient (Wildman–Crippen LogP) is 6.30. The normalized spacial score (nSPS) is 16.6. The van der Waals surface area contributed by atoms with E-state index in [0.717, 1.165) is 42.5 Å². The van der Waals surface area contributed by atoms with Crippen LogP contribution in [0.1, 0.15) is 57.5 Å². The summed E-state index contributed by atoms with van der Waals surface area (Å²) in [6.45, 7) is 2.91. The van der Waals surface area contributed by atoms with Crippen molar-refractivity contribution in [3.8, 4) is 5.75 Å². The van der Waals surface area contributed by atoms with Crippen LogP contribution in [-0.4, -0.2) is 23.3 Å². The summed E-state index contributed by atoms with van der Waals surface area (Å²) in [6, 6.07) is 27.2. The van der Waals surface area contributed by atoms with Crippen LogP contribution in [-0.2, 0) is 17.8 Å². The summed E-state index contributed by atoms with van der Waals surface area (Å²) in [7, 11) is 0. The predicted molar refractivity (Wildman–Crippen MR) is 145 cm³/mol. The number of fused-ring (bicyclic) bond motifs is 1. The first-order chi connectivity index (χ1) is 18.5. The van der Waals surface area contributed by atoms with Gasteiger partial charge < -0.3 is 19.4 Å². The molecule has 1 aromatic heterocycles. The summed E-state index contributed by atoms with van der Waals surface area (Å²) >= 11 is 0. The Morgan fingerprint density at radius 2 is 1.76 bits per heavy atom. The lowest BCUT2D eigenvalue weighted by atomic mass is 9.87. The van der Waals surface area contributed by atoms with Gasteiger partial charge in [-0.2, -0.15) is 0 Å². The van der Waals surface area contributed by atoms with Crippen molar-refractivity contribution in [2.75, 3.05) is 11.9 Å². The van der Waals surface area contributed by atoms with Gasteiger partial charge in [-0.15, -0.1) is 0 Å². The average molecular weight is 507 g/mol. The number of aryl methyl sites for hydroxylation is 1. The number of benzene rings is 3. The second-order valence-electron chi connectivity index (χ2n) is 10.1. The first kappa shape index (κ1) is 24.0. The maximum atomic E-state index is 13.2. The van der Waals surface area contributed by atoms with Gasteiger partial charge in [0.05, 0.1) is 6.04 Å². The van der Waals surface area contributed by atoms with Crippen molar-refractivity contribution in [1.82, 2.24) is 4.90 Å². The van der Waals surface area contributed by atoms with E-state index < -0.39 is 0 Å². The summed E-state index contributed by atoms with van der Waals surface area (Å²) < 4.78 is 11.9. The molecule has 3 aromatic carbocycles. The van der Waals surface area contributed by atoms with E-state index in [2.05, 4.69) is 23.5 Å². The first-order valence-electron chi connectivity index (χ1n) is 13.1. The standard InChI is InChI=1S/C32H30N2O4/c1-21-7-12-25(13-8-21)33-31(35)29-16-15-27(38-29)20-37-26-14-11-22-17-18-34(32(36)24-9-10-24)30(28(22)19-26)23-5-3-2-4-6-23/h2-8,11-16,19,24,30H,9-10,17-18,20H2,1H3,(H,33,35). The highest BCUT2D eigenvalue weighted by molar-refractivity contribution is 6.02. The molecule has 6 rings (SSSR count). The van der Waals surface area contributed by atoms with Gasteiger partial charge >= 0.3 is 0 Å². The topological polar surface area (TPSA) is 71.8 Å². The molecule has 0 bridgehead atoms. The lowest BCUT2D eigenvalue weighted by Gasteiger charge is -2.38. The number of anilines is 1. The van der Waals surface area contributed by atoms with Crippen molar-refractivity contribution in [1.29, 1.82) is 0 Å². The largest absolute Gasteiger partial charge is 0.486 e. The molecule has 1 atom stereocenters. The highest BCUT2D eigenvalue weighted by Gasteiger charge is 2.39. The summed E-state index contributed by atoms with van der Waals surface area (Å²) in [6.07, 6.45) is 2.80. The fourth-order valence-electron chi connectivity index (χ4n) is 5.04. The van der Waals surface area contributed by atoms with Crippen LogP contribution in [0.4, 0.5) is 5.69 Å². The van der Waals surface area contributed by atoms with Crippen LogP contribution in [0.25, 0.3) is 0 Å². The third-order valence-electron chi connectivity index (χ3n) is 7.25. The SMILES string of the molecule is Cc1ccc(NC(=O)c2ccc(COc3ccc4c(c3)C(c3ccccc3)N(C(=O)C3CC3)CC4)o2)cc1. The number of hydrogen-bond acceptors (Lipinski definition) is 4. The molecule has 1 N–H and O–H groups in total. The molecule has 2 aliphatic rings. The number of amides is 2. The van der Waals surface area contributed by atoms with Gasteiger partial charge in [0.15, 0.2) is 5.76 Å². The molecular formula is C32H30N2O4. The quantitative estimate of drug-likeness (QED) is 0.319. The van der Waals surface area contributed by atoms with E-state index in [1.807, 2.05) is 66.4 Å². The van der Waals surface area contributed by atoms with E-state index in [1.54, 1.807) is 12.1 Å². The molecule has 38 heavy (non-hydrogen) atoms. The molecule has 6 heteroatoms. The fourth-order valence-corrected chi connectivity index (χ4v) is 5.04. The number of rotatable bonds is 7. The average Bonchev–Trinajstić information content (AvgIpc) is 3.69. The second-order valence-corrected chi connectivity index (χ2v) is 10.1. The maximum Gasteiger partial charge on any atom is 0.291 e. The molecule has 1 fully saturated rings. The third-order valence-corrected chi connectivity index (χ3v) is 7.25. The minimum Gasteiger partial charge on any atom is -0.486 e. The molecule has 2 amide bonds. The van der Waals surface area contributed by atoms with E-state index in [0.29, 0.717) is 17.2 Å². The summed E-state index contributed by atoms with van der Waals surface area (Å²) in [5, 5.41) is 2.85. The number of furan rings is 1. The van der Waals surface area contributed by atoms with Crippen molar-refractivity contribution in [3.63, 3.8) is 0 Å². The molecule has 2 heterocycles. The van der Waals surface area contributed by atoms with Gasteiger partial charge in [-0.05, 0) is 79.3 Å². The van der Waals surface area contributed by atoms with Crippen molar-refractivity contribution in [3.05, 3.63) is 119 Å². The van der Waals surface area contributed by atoms with Crippen LogP contribution in [0.5, 0.6) is 5.75 Å². The van der Waals surface area contributed by atoms with Crippen molar-refractivity contribution in [2.45, 2.75) is 38.8 Å². The Hall–Kier alpha value is -4.32. The Morgan fingerprint density at radius 3 is 2.53 bits per heavy atom. The van der Waals surface area contributed by atoms with Crippen LogP contribution in [0.2, 0.25) is 0 Å². The van der Waals surface area contributed by atoms with E-state index in [-0.39, 0.29) is 36.1 Å². The number of nitrogens with zero attached hydrogens (tertiary/aromatic N) is 1. The number of hydrogen-bond donors (Lipinski definition) is 1. The van der Waals surface area contributed by atoms with E-state index in [4.69, 9.17) is 9.15 Å². The number of carbonyl (C=O) groups excluding carboxylic acids is 2.